The molecule has 1 aromatic rings. The molecule has 1 aromatic carbocycles. The Morgan fingerprint density at radius 2 is 1.50 bits per heavy atom. The fourth-order valence-electron chi connectivity index (χ4n) is 1.78. The SMILES string of the molecule is CC(C)c1ccccc1.CCCCC[C@@H](C)CC. The summed E-state index contributed by atoms with van der Waals surface area (Å²) < 4.78 is 0. The van der Waals surface area contributed by atoms with E-state index in [1.807, 2.05) is 6.07 Å². The van der Waals surface area contributed by atoms with Crippen molar-refractivity contribution in [1.29, 1.82) is 0 Å². The Kier molecular flexibility index (Phi) is 10.8. The third-order valence-electron chi connectivity index (χ3n) is 3.46. The van der Waals surface area contributed by atoms with Crippen molar-refractivity contribution in [1.82, 2.24) is 0 Å². The molecule has 0 heterocycles. The summed E-state index contributed by atoms with van der Waals surface area (Å²) in [5.74, 6) is 1.61. The Morgan fingerprint density at radius 1 is 0.889 bits per heavy atom. The van der Waals surface area contributed by atoms with E-state index < -0.39 is 0 Å². The number of unbranched alkanes of at least 4 members (excludes halogenated alkanes) is 2. The second kappa shape index (κ2) is 11.3. The van der Waals surface area contributed by atoms with E-state index in [4.69, 9.17) is 0 Å². The highest BCUT2D eigenvalue weighted by Gasteiger charge is 1.96. The third-order valence-corrected chi connectivity index (χ3v) is 3.46. The van der Waals surface area contributed by atoms with E-state index in [2.05, 4.69) is 58.9 Å². The van der Waals surface area contributed by atoms with E-state index in [9.17, 15) is 0 Å². The quantitative estimate of drug-likeness (QED) is 0.509. The first-order valence-electron chi connectivity index (χ1n) is 7.66. The smallest absolute Gasteiger partial charge is 0.0219 e. The predicted molar refractivity (Wildman–Crippen MR) is 84.1 cm³/mol. The average molecular weight is 248 g/mol. The van der Waals surface area contributed by atoms with Crippen LogP contribution in [0.15, 0.2) is 30.3 Å². The highest BCUT2D eigenvalue weighted by Crippen LogP contribution is 2.12. The Hall–Kier alpha value is -0.780. The molecule has 1 rings (SSSR count). The number of rotatable bonds is 6. The zero-order valence-corrected chi connectivity index (χ0v) is 13.1. The molecule has 0 aliphatic heterocycles. The number of benzene rings is 1. The minimum absolute atomic E-state index is 0.659. The van der Waals surface area contributed by atoms with Gasteiger partial charge in [-0.3, -0.25) is 0 Å². The normalized spacial score (nSPS) is 11.9. The summed E-state index contributed by atoms with van der Waals surface area (Å²) in [6.07, 6.45) is 7.00. The summed E-state index contributed by atoms with van der Waals surface area (Å²) in [4.78, 5) is 0. The number of hydrogen-bond acceptors (Lipinski definition) is 0. The molecule has 0 N–H and O–H groups in total. The van der Waals surface area contributed by atoms with E-state index >= 15 is 0 Å². The molecular formula is C18H32. The van der Waals surface area contributed by atoms with E-state index in [1.54, 1.807) is 0 Å². The minimum atomic E-state index is 0.659. The lowest BCUT2D eigenvalue weighted by atomic mass is 10.0. The molecule has 0 radical (unpaired) electrons. The molecule has 0 aromatic heterocycles. The molecule has 0 bridgehead atoms. The summed E-state index contributed by atoms with van der Waals surface area (Å²) in [5.41, 5.74) is 1.41. The molecule has 0 nitrogen and oxygen atoms in total. The second-order valence-corrected chi connectivity index (χ2v) is 5.57. The van der Waals surface area contributed by atoms with Crippen molar-refractivity contribution in [3.05, 3.63) is 35.9 Å². The van der Waals surface area contributed by atoms with Crippen LogP contribution >= 0.6 is 0 Å². The Labute approximate surface area is 115 Å². The summed E-state index contributed by atoms with van der Waals surface area (Å²) in [7, 11) is 0. The molecule has 0 fully saturated rings. The molecule has 0 saturated carbocycles. The fraction of sp³-hybridized carbons (Fsp3) is 0.667. The van der Waals surface area contributed by atoms with Crippen molar-refractivity contribution >= 4 is 0 Å². The van der Waals surface area contributed by atoms with Crippen LogP contribution in [0.2, 0.25) is 0 Å². The van der Waals surface area contributed by atoms with Crippen LogP contribution in [-0.4, -0.2) is 0 Å². The number of hydrogen-bond donors (Lipinski definition) is 0. The van der Waals surface area contributed by atoms with Crippen LogP contribution in [0.25, 0.3) is 0 Å². The van der Waals surface area contributed by atoms with Crippen molar-refractivity contribution in [3.63, 3.8) is 0 Å². The van der Waals surface area contributed by atoms with Crippen LogP contribution in [0.3, 0.4) is 0 Å². The van der Waals surface area contributed by atoms with E-state index in [1.165, 1.54) is 37.7 Å². The topological polar surface area (TPSA) is 0 Å². The molecular weight excluding hydrogens is 216 g/mol. The van der Waals surface area contributed by atoms with Crippen LogP contribution in [0, 0.1) is 5.92 Å². The van der Waals surface area contributed by atoms with Crippen molar-refractivity contribution in [2.75, 3.05) is 0 Å². The lowest BCUT2D eigenvalue weighted by Gasteiger charge is -2.05. The van der Waals surface area contributed by atoms with Gasteiger partial charge in [0, 0.05) is 0 Å². The highest BCUT2D eigenvalue weighted by molar-refractivity contribution is 5.17. The van der Waals surface area contributed by atoms with Crippen LogP contribution < -0.4 is 0 Å². The molecule has 0 aliphatic rings. The lowest BCUT2D eigenvalue weighted by Crippen LogP contribution is -1.90. The zero-order chi connectivity index (χ0) is 13.8. The van der Waals surface area contributed by atoms with Crippen molar-refractivity contribution in [2.45, 2.75) is 72.6 Å². The van der Waals surface area contributed by atoms with Gasteiger partial charge in [0.15, 0.2) is 0 Å². The highest BCUT2D eigenvalue weighted by atomic mass is 14.0. The maximum absolute atomic E-state index is 2.34. The molecule has 104 valence electrons. The predicted octanol–water partition coefficient (Wildman–Crippen LogP) is 6.42. The standard InChI is InChI=1S/C9H12.C9H20/c1-8(2)9-6-4-3-5-7-9;1-4-6-7-8-9(3)5-2/h3-8H,1-2H3;9H,4-8H2,1-3H3/t;9-/m.0/s1. The maximum Gasteiger partial charge on any atom is -0.0219 e. The molecule has 0 saturated heterocycles. The molecule has 0 aliphatic carbocycles. The Bertz CT molecular complexity index is 261. The Morgan fingerprint density at radius 3 is 1.89 bits per heavy atom. The average Bonchev–Trinajstić information content (AvgIpc) is 2.40. The van der Waals surface area contributed by atoms with Crippen molar-refractivity contribution < 1.29 is 0 Å². The van der Waals surface area contributed by atoms with Gasteiger partial charge in [-0.15, -0.1) is 0 Å². The zero-order valence-electron chi connectivity index (χ0n) is 13.1. The first-order valence-corrected chi connectivity index (χ1v) is 7.66. The van der Waals surface area contributed by atoms with Gasteiger partial charge in [-0.25, -0.2) is 0 Å². The van der Waals surface area contributed by atoms with Crippen LogP contribution in [0.5, 0.6) is 0 Å². The molecule has 0 heteroatoms. The van der Waals surface area contributed by atoms with Gasteiger partial charge in [0.25, 0.3) is 0 Å². The van der Waals surface area contributed by atoms with Crippen LogP contribution in [-0.2, 0) is 0 Å². The summed E-state index contributed by atoms with van der Waals surface area (Å²) >= 11 is 0. The second-order valence-electron chi connectivity index (χ2n) is 5.57. The first kappa shape index (κ1) is 17.2. The summed E-state index contributed by atoms with van der Waals surface area (Å²) in [6.45, 7) is 11.3. The third kappa shape index (κ3) is 9.27. The molecule has 0 unspecified atom stereocenters. The minimum Gasteiger partial charge on any atom is -0.0654 e. The van der Waals surface area contributed by atoms with Gasteiger partial charge in [-0.2, -0.15) is 0 Å². The van der Waals surface area contributed by atoms with Gasteiger partial charge in [-0.1, -0.05) is 97.1 Å². The van der Waals surface area contributed by atoms with Gasteiger partial charge >= 0.3 is 0 Å². The lowest BCUT2D eigenvalue weighted by molar-refractivity contribution is 0.482. The van der Waals surface area contributed by atoms with E-state index in [-0.39, 0.29) is 0 Å². The molecule has 0 spiro atoms. The first-order chi connectivity index (χ1) is 8.61. The van der Waals surface area contributed by atoms with E-state index in [0.29, 0.717) is 5.92 Å². The largest absolute Gasteiger partial charge is 0.0654 e. The summed E-state index contributed by atoms with van der Waals surface area (Å²) in [6, 6.07) is 10.5. The monoisotopic (exact) mass is 248 g/mol. The molecule has 1 atom stereocenters. The van der Waals surface area contributed by atoms with Crippen LogP contribution in [0.1, 0.15) is 78.2 Å². The van der Waals surface area contributed by atoms with Gasteiger partial charge in [-0.05, 0) is 17.4 Å². The Balaban J connectivity index is 0.000000321. The summed E-state index contributed by atoms with van der Waals surface area (Å²) in [5, 5.41) is 0. The molecule has 0 amide bonds. The van der Waals surface area contributed by atoms with Crippen molar-refractivity contribution in [2.24, 2.45) is 5.92 Å². The van der Waals surface area contributed by atoms with Gasteiger partial charge in [0.2, 0.25) is 0 Å². The van der Waals surface area contributed by atoms with Gasteiger partial charge in [0.05, 0.1) is 0 Å². The van der Waals surface area contributed by atoms with Gasteiger partial charge < -0.3 is 0 Å². The maximum atomic E-state index is 2.34. The van der Waals surface area contributed by atoms with E-state index in [0.717, 1.165) is 5.92 Å². The molecule has 18 heavy (non-hydrogen) atoms. The van der Waals surface area contributed by atoms with Crippen LogP contribution in [0.4, 0.5) is 0 Å². The van der Waals surface area contributed by atoms with Gasteiger partial charge in [0.1, 0.15) is 0 Å². The fourth-order valence-corrected chi connectivity index (χ4v) is 1.78. The van der Waals surface area contributed by atoms with Crippen molar-refractivity contribution in [3.8, 4) is 0 Å².